The summed E-state index contributed by atoms with van der Waals surface area (Å²) in [5.74, 6) is -1.27. The maximum absolute atomic E-state index is 13.1. The highest BCUT2D eigenvalue weighted by molar-refractivity contribution is 6.25. The van der Waals surface area contributed by atoms with Gasteiger partial charge in [-0.05, 0) is 29.9 Å². The summed E-state index contributed by atoms with van der Waals surface area (Å²) >= 11 is 0. The van der Waals surface area contributed by atoms with Crippen LogP contribution >= 0.6 is 0 Å². The zero-order valence-corrected chi connectivity index (χ0v) is 17.8. The van der Waals surface area contributed by atoms with Gasteiger partial charge in [0.1, 0.15) is 5.76 Å². The van der Waals surface area contributed by atoms with Gasteiger partial charge in [-0.3, -0.25) is 9.79 Å². The van der Waals surface area contributed by atoms with Crippen molar-refractivity contribution in [3.05, 3.63) is 83.1 Å². The predicted molar refractivity (Wildman–Crippen MR) is 122 cm³/mol. The predicted octanol–water partition coefficient (Wildman–Crippen LogP) is 5.27. The van der Waals surface area contributed by atoms with Gasteiger partial charge in [0.2, 0.25) is 0 Å². The van der Waals surface area contributed by atoms with Crippen LogP contribution in [-0.4, -0.2) is 33.7 Å². The number of ketones is 1. The molecule has 0 amide bonds. The molecule has 2 aromatic carbocycles. The van der Waals surface area contributed by atoms with Crippen molar-refractivity contribution in [2.45, 2.75) is 57.4 Å². The van der Waals surface area contributed by atoms with Crippen LogP contribution in [0.3, 0.4) is 0 Å². The van der Waals surface area contributed by atoms with Crippen molar-refractivity contribution in [2.24, 2.45) is 4.99 Å². The molecule has 0 heterocycles. The van der Waals surface area contributed by atoms with Crippen molar-refractivity contribution >= 4 is 17.5 Å². The number of Topliss-reactive ketones (excluding diaryl/α,β-unsaturated/α-hetero) is 1. The van der Waals surface area contributed by atoms with Crippen molar-refractivity contribution in [3.63, 3.8) is 0 Å². The quantitative estimate of drug-likeness (QED) is 0.451. The molecule has 1 aliphatic carbocycles. The van der Waals surface area contributed by atoms with Gasteiger partial charge < -0.3 is 10.2 Å². The second kappa shape index (κ2) is 10.7. The third-order valence-electron chi connectivity index (χ3n) is 5.63. The van der Waals surface area contributed by atoms with Crippen molar-refractivity contribution < 1.29 is 19.8 Å². The van der Waals surface area contributed by atoms with Crippen LogP contribution in [0.2, 0.25) is 0 Å². The number of hydrogen-bond donors (Lipinski definition) is 2. The number of aliphatic hydroxyl groups is 1. The van der Waals surface area contributed by atoms with Crippen molar-refractivity contribution in [1.29, 1.82) is 0 Å². The molecule has 0 spiro atoms. The first kappa shape index (κ1) is 22.5. The molecule has 0 aliphatic heterocycles. The molecule has 1 aliphatic rings. The first-order valence-electron chi connectivity index (χ1n) is 10.8. The summed E-state index contributed by atoms with van der Waals surface area (Å²) in [6, 6.07) is 18.0. The molecular weight excluding hydrogens is 390 g/mol. The zero-order valence-electron chi connectivity index (χ0n) is 17.8. The van der Waals surface area contributed by atoms with Crippen molar-refractivity contribution in [3.8, 4) is 0 Å². The minimum atomic E-state index is -1.04. The van der Waals surface area contributed by atoms with Gasteiger partial charge in [0, 0.05) is 19.3 Å². The van der Waals surface area contributed by atoms with E-state index in [0.717, 1.165) is 24.0 Å². The highest BCUT2D eigenvalue weighted by Gasteiger charge is 2.33. The Balaban J connectivity index is 1.99. The fourth-order valence-corrected chi connectivity index (χ4v) is 3.98. The molecule has 5 heteroatoms. The lowest BCUT2D eigenvalue weighted by Crippen LogP contribution is -2.30. The molecule has 2 unspecified atom stereocenters. The molecule has 0 bridgehead atoms. The number of carbonyl (C=O) groups excluding carboxylic acids is 1. The van der Waals surface area contributed by atoms with E-state index >= 15 is 0 Å². The van der Waals surface area contributed by atoms with E-state index in [-0.39, 0.29) is 35.9 Å². The van der Waals surface area contributed by atoms with Gasteiger partial charge in [0.25, 0.3) is 0 Å². The van der Waals surface area contributed by atoms with Crippen LogP contribution < -0.4 is 0 Å². The number of allylic oxidation sites excluding steroid dienone is 2. The Bertz CT molecular complexity index is 963. The Kier molecular flexibility index (Phi) is 7.76. The largest absolute Gasteiger partial charge is 0.511 e. The first-order chi connectivity index (χ1) is 15.0. The Hall–Kier alpha value is -3.21. The van der Waals surface area contributed by atoms with E-state index in [9.17, 15) is 19.8 Å². The van der Waals surface area contributed by atoms with Crippen molar-refractivity contribution in [2.75, 3.05) is 0 Å². The second-order valence-corrected chi connectivity index (χ2v) is 7.98. The van der Waals surface area contributed by atoms with Crippen LogP contribution in [0.1, 0.15) is 56.1 Å². The fraction of sp³-hybridized carbons (Fsp3) is 0.346. The Morgan fingerprint density at radius 3 is 2.29 bits per heavy atom. The number of carboxylic acids is 1. The monoisotopic (exact) mass is 419 g/mol. The van der Waals surface area contributed by atoms with E-state index in [1.807, 2.05) is 67.6 Å². The van der Waals surface area contributed by atoms with Crippen LogP contribution in [0.15, 0.2) is 77.0 Å². The third kappa shape index (κ3) is 5.91. The minimum absolute atomic E-state index is 0.0287. The molecule has 2 atom stereocenters. The van der Waals surface area contributed by atoms with Crippen LogP contribution in [0.5, 0.6) is 0 Å². The molecule has 3 rings (SSSR count). The molecular formula is C26H29NO4. The summed E-state index contributed by atoms with van der Waals surface area (Å²) in [4.78, 5) is 29.6. The smallest absolute Gasteiger partial charge is 0.328 e. The fourth-order valence-electron chi connectivity index (χ4n) is 3.98. The average Bonchev–Trinajstić information content (AvgIpc) is 2.78. The molecule has 2 aromatic rings. The molecule has 1 fully saturated rings. The summed E-state index contributed by atoms with van der Waals surface area (Å²) in [5, 5.41) is 20.5. The number of aliphatic hydroxyl groups excluding tert-OH is 1. The normalized spacial score (nSPS) is 20.5. The van der Waals surface area contributed by atoms with Gasteiger partial charge in [-0.25, -0.2) is 4.79 Å². The number of aliphatic imine (C=N–C) groups is 1. The number of unbranched alkanes of at least 4 members (excludes halogenated alkanes) is 1. The lowest BCUT2D eigenvalue weighted by atomic mass is 9.78. The number of carbonyl (C=O) groups is 2. The SMILES string of the molecule is CCCC/C(O)=C1\C(=O)CC(c2ccccc2)CC1=NC(Cc1ccccc1)C(=O)O. The summed E-state index contributed by atoms with van der Waals surface area (Å²) in [7, 11) is 0. The number of hydrogen-bond acceptors (Lipinski definition) is 4. The number of carboxylic acid groups (broad SMARTS) is 1. The van der Waals surface area contributed by atoms with Crippen LogP contribution in [-0.2, 0) is 16.0 Å². The first-order valence-corrected chi connectivity index (χ1v) is 10.8. The Labute approximate surface area is 183 Å². The lowest BCUT2D eigenvalue weighted by Gasteiger charge is -2.27. The van der Waals surface area contributed by atoms with E-state index in [0.29, 0.717) is 18.6 Å². The van der Waals surface area contributed by atoms with Gasteiger partial charge in [-0.1, -0.05) is 74.0 Å². The van der Waals surface area contributed by atoms with Crippen molar-refractivity contribution in [1.82, 2.24) is 0 Å². The summed E-state index contributed by atoms with van der Waals surface area (Å²) in [6.07, 6.45) is 2.97. The highest BCUT2D eigenvalue weighted by atomic mass is 16.4. The number of rotatable bonds is 8. The zero-order chi connectivity index (χ0) is 22.2. The van der Waals surface area contributed by atoms with Gasteiger partial charge in [-0.2, -0.15) is 0 Å². The van der Waals surface area contributed by atoms with E-state index in [2.05, 4.69) is 4.99 Å². The summed E-state index contributed by atoms with van der Waals surface area (Å²) in [6.45, 7) is 2.02. The molecule has 0 radical (unpaired) electrons. The topological polar surface area (TPSA) is 87.0 Å². The van der Waals surface area contributed by atoms with E-state index < -0.39 is 12.0 Å². The van der Waals surface area contributed by atoms with Crippen LogP contribution in [0, 0.1) is 0 Å². The lowest BCUT2D eigenvalue weighted by molar-refractivity contribution is -0.138. The van der Waals surface area contributed by atoms with Crippen LogP contribution in [0.4, 0.5) is 0 Å². The molecule has 0 saturated heterocycles. The highest BCUT2D eigenvalue weighted by Crippen LogP contribution is 2.34. The maximum atomic E-state index is 13.1. The van der Waals surface area contributed by atoms with Gasteiger partial charge in [-0.15, -0.1) is 0 Å². The third-order valence-corrected chi connectivity index (χ3v) is 5.63. The van der Waals surface area contributed by atoms with E-state index in [4.69, 9.17) is 0 Å². The Morgan fingerprint density at radius 2 is 1.68 bits per heavy atom. The summed E-state index contributed by atoms with van der Waals surface area (Å²) in [5.41, 5.74) is 2.51. The van der Waals surface area contributed by atoms with Crippen LogP contribution in [0.25, 0.3) is 0 Å². The second-order valence-electron chi connectivity index (χ2n) is 7.98. The van der Waals surface area contributed by atoms with E-state index in [1.165, 1.54) is 0 Å². The molecule has 0 aromatic heterocycles. The number of aliphatic carboxylic acids is 1. The molecule has 31 heavy (non-hydrogen) atoms. The van der Waals surface area contributed by atoms with Gasteiger partial charge in [0.15, 0.2) is 11.8 Å². The van der Waals surface area contributed by atoms with E-state index in [1.54, 1.807) is 0 Å². The van der Waals surface area contributed by atoms with Gasteiger partial charge in [0.05, 0.1) is 11.3 Å². The maximum Gasteiger partial charge on any atom is 0.328 e. The standard InChI is InChI=1S/C26H29NO4/c1-2-3-14-23(28)25-21(16-20(17-24(25)29)19-12-8-5-9-13-19)27-22(26(30)31)15-18-10-6-4-7-11-18/h4-13,20,22,28H,2-3,14-17H2,1H3,(H,30,31)/b25-23+,27-21?. The summed E-state index contributed by atoms with van der Waals surface area (Å²) < 4.78 is 0. The Morgan fingerprint density at radius 1 is 1.03 bits per heavy atom. The minimum Gasteiger partial charge on any atom is -0.511 e. The molecule has 5 nitrogen and oxygen atoms in total. The number of benzene rings is 2. The number of nitrogens with zero attached hydrogens (tertiary/aromatic N) is 1. The molecule has 2 N–H and O–H groups in total. The average molecular weight is 420 g/mol. The molecule has 1 saturated carbocycles. The molecule has 162 valence electrons. The van der Waals surface area contributed by atoms with Gasteiger partial charge >= 0.3 is 5.97 Å².